The van der Waals surface area contributed by atoms with Crippen LogP contribution < -0.4 is 0 Å². The van der Waals surface area contributed by atoms with E-state index in [1.54, 1.807) is 0 Å². The highest BCUT2D eigenvalue weighted by molar-refractivity contribution is 5.61. The molecular formula is C25H32O. The smallest absolute Gasteiger partial charge is 0.0803 e. The van der Waals surface area contributed by atoms with Gasteiger partial charge in [0.2, 0.25) is 0 Å². The number of hydrogen-bond donors (Lipinski definition) is 0. The van der Waals surface area contributed by atoms with E-state index in [2.05, 4.69) is 83.1 Å². The first kappa shape index (κ1) is 17.8. The van der Waals surface area contributed by atoms with Crippen molar-refractivity contribution in [1.82, 2.24) is 0 Å². The van der Waals surface area contributed by atoms with Crippen molar-refractivity contribution in [3.05, 3.63) is 70.8 Å². The van der Waals surface area contributed by atoms with E-state index >= 15 is 0 Å². The quantitative estimate of drug-likeness (QED) is 0.604. The van der Waals surface area contributed by atoms with E-state index in [1.807, 2.05) is 0 Å². The summed E-state index contributed by atoms with van der Waals surface area (Å²) in [6.07, 6.45) is 3.61. The van der Waals surface area contributed by atoms with Crippen LogP contribution in [0.5, 0.6) is 0 Å². The fraction of sp³-hybridized carbons (Fsp3) is 0.520. The number of rotatable bonds is 4. The summed E-state index contributed by atoms with van der Waals surface area (Å²) in [5, 5.41) is 0. The highest BCUT2D eigenvalue weighted by Gasteiger charge is 2.62. The van der Waals surface area contributed by atoms with Gasteiger partial charge in [0.25, 0.3) is 0 Å². The van der Waals surface area contributed by atoms with Gasteiger partial charge in [0, 0.05) is 17.4 Å². The van der Waals surface area contributed by atoms with Gasteiger partial charge in [-0.05, 0) is 40.5 Å². The molecule has 1 heteroatoms. The molecule has 1 spiro atoms. The third-order valence-electron chi connectivity index (χ3n) is 6.84. The molecule has 0 N–H and O–H groups in total. The van der Waals surface area contributed by atoms with Crippen molar-refractivity contribution in [1.29, 1.82) is 0 Å². The first-order valence-corrected chi connectivity index (χ1v) is 10.2. The third-order valence-corrected chi connectivity index (χ3v) is 6.84. The third kappa shape index (κ3) is 2.26. The molecule has 2 atom stereocenters. The van der Waals surface area contributed by atoms with E-state index in [1.165, 1.54) is 28.7 Å². The van der Waals surface area contributed by atoms with Crippen molar-refractivity contribution >= 4 is 0 Å². The van der Waals surface area contributed by atoms with Crippen molar-refractivity contribution in [2.24, 2.45) is 0 Å². The molecule has 138 valence electrons. The van der Waals surface area contributed by atoms with Crippen LogP contribution in [0.3, 0.4) is 0 Å². The lowest BCUT2D eigenvalue weighted by molar-refractivity contribution is -0.0260. The summed E-state index contributed by atoms with van der Waals surface area (Å²) in [4.78, 5) is 0. The Morgan fingerprint density at radius 2 is 1.38 bits per heavy atom. The average molecular weight is 349 g/mol. The van der Waals surface area contributed by atoms with Crippen molar-refractivity contribution in [2.45, 2.75) is 76.2 Å². The summed E-state index contributed by atoms with van der Waals surface area (Å²) < 4.78 is 6.73. The molecule has 1 nitrogen and oxygen atoms in total. The number of hydrogen-bond acceptors (Lipinski definition) is 1. The molecule has 0 saturated carbocycles. The van der Waals surface area contributed by atoms with E-state index in [0.29, 0.717) is 0 Å². The van der Waals surface area contributed by atoms with Crippen molar-refractivity contribution in [3.8, 4) is 0 Å². The van der Waals surface area contributed by atoms with Gasteiger partial charge >= 0.3 is 0 Å². The van der Waals surface area contributed by atoms with Crippen LogP contribution >= 0.6 is 0 Å². The fourth-order valence-electron chi connectivity index (χ4n) is 5.85. The van der Waals surface area contributed by atoms with Gasteiger partial charge in [0.1, 0.15) is 0 Å². The molecule has 2 aliphatic carbocycles. The number of unbranched alkanes of at least 4 members (excludes halogenated alkanes) is 1. The maximum Gasteiger partial charge on any atom is 0.0803 e. The Hall–Kier alpha value is -1.60. The van der Waals surface area contributed by atoms with Gasteiger partial charge in [-0.2, -0.15) is 0 Å². The first-order valence-electron chi connectivity index (χ1n) is 10.2. The van der Waals surface area contributed by atoms with Crippen LogP contribution in [0.15, 0.2) is 48.5 Å². The lowest BCUT2D eigenvalue weighted by atomic mass is 9.70. The Bertz CT molecular complexity index is 803. The molecule has 2 aliphatic rings. The number of fused-ring (bicyclic) bond motifs is 4. The number of ether oxygens (including phenoxy) is 1. The van der Waals surface area contributed by atoms with Gasteiger partial charge in [-0.3, -0.25) is 0 Å². The highest BCUT2D eigenvalue weighted by atomic mass is 16.5. The summed E-state index contributed by atoms with van der Waals surface area (Å²) >= 11 is 0. The van der Waals surface area contributed by atoms with Crippen LogP contribution in [0.1, 0.15) is 76.1 Å². The summed E-state index contributed by atoms with van der Waals surface area (Å²) in [6.45, 7) is 12.6. The molecule has 0 radical (unpaired) electrons. The molecule has 0 bridgehead atoms. The molecular weight excluding hydrogens is 316 g/mol. The molecule has 26 heavy (non-hydrogen) atoms. The molecule has 2 aromatic rings. The Morgan fingerprint density at radius 1 is 0.846 bits per heavy atom. The average Bonchev–Trinajstić information content (AvgIpc) is 2.97. The lowest BCUT2D eigenvalue weighted by Crippen LogP contribution is -2.45. The van der Waals surface area contributed by atoms with Gasteiger partial charge < -0.3 is 4.74 Å². The molecule has 4 rings (SSSR count). The second-order valence-corrected chi connectivity index (χ2v) is 9.45. The van der Waals surface area contributed by atoms with E-state index in [-0.39, 0.29) is 22.3 Å². The zero-order valence-corrected chi connectivity index (χ0v) is 16.9. The van der Waals surface area contributed by atoms with Crippen molar-refractivity contribution in [2.75, 3.05) is 6.61 Å². The Labute approximate surface area is 158 Å². The summed E-state index contributed by atoms with van der Waals surface area (Å²) in [6, 6.07) is 18.2. The minimum Gasteiger partial charge on any atom is -0.376 e. The largest absolute Gasteiger partial charge is 0.376 e. The van der Waals surface area contributed by atoms with E-state index in [9.17, 15) is 0 Å². The maximum atomic E-state index is 6.73. The van der Waals surface area contributed by atoms with Crippen LogP contribution in [0.2, 0.25) is 0 Å². The standard InChI is InChI=1S/C25H32O/c1-6-7-16-26-22-24(4,5)19-13-9-11-15-21(19)25(22)17-23(2,3)18-12-8-10-14-20(18)25/h8-15,22H,6-7,16-17H2,1-5H3. The van der Waals surface area contributed by atoms with E-state index < -0.39 is 0 Å². The van der Waals surface area contributed by atoms with Crippen molar-refractivity contribution < 1.29 is 4.74 Å². The zero-order valence-electron chi connectivity index (χ0n) is 16.9. The molecule has 0 fully saturated rings. The first-order chi connectivity index (χ1) is 12.4. The normalized spacial score (nSPS) is 27.5. The van der Waals surface area contributed by atoms with Gasteiger partial charge in [-0.25, -0.2) is 0 Å². The van der Waals surface area contributed by atoms with Gasteiger partial charge in [-0.15, -0.1) is 0 Å². The molecule has 0 aromatic heterocycles. The summed E-state index contributed by atoms with van der Waals surface area (Å²) in [5.41, 5.74) is 6.09. The Morgan fingerprint density at radius 3 is 2.00 bits per heavy atom. The predicted molar refractivity (Wildman–Crippen MR) is 109 cm³/mol. The minimum absolute atomic E-state index is 0.0118. The van der Waals surface area contributed by atoms with Crippen LogP contribution in [-0.2, 0) is 21.0 Å². The SMILES string of the molecule is CCCCOC1C(C)(C)c2ccccc2C12CC(C)(C)c1ccccc12. The van der Waals surface area contributed by atoms with Gasteiger partial charge in [0.05, 0.1) is 6.10 Å². The molecule has 0 amide bonds. The topological polar surface area (TPSA) is 9.23 Å². The summed E-state index contributed by atoms with van der Waals surface area (Å²) in [5.74, 6) is 0. The van der Waals surface area contributed by atoms with Gasteiger partial charge in [0.15, 0.2) is 0 Å². The highest BCUT2D eigenvalue weighted by Crippen LogP contribution is 2.63. The van der Waals surface area contributed by atoms with Crippen molar-refractivity contribution in [3.63, 3.8) is 0 Å². The van der Waals surface area contributed by atoms with E-state index in [0.717, 1.165) is 19.4 Å². The molecule has 0 aliphatic heterocycles. The zero-order chi connectivity index (χ0) is 18.6. The second kappa shape index (κ2) is 5.96. The monoisotopic (exact) mass is 348 g/mol. The Kier molecular flexibility index (Phi) is 4.08. The minimum atomic E-state index is -0.0338. The van der Waals surface area contributed by atoms with Crippen LogP contribution in [0.25, 0.3) is 0 Å². The maximum absolute atomic E-state index is 6.73. The Balaban J connectivity index is 1.95. The fourth-order valence-corrected chi connectivity index (χ4v) is 5.85. The molecule has 2 unspecified atom stereocenters. The molecule has 2 aromatic carbocycles. The summed E-state index contributed by atoms with van der Waals surface area (Å²) in [7, 11) is 0. The van der Waals surface area contributed by atoms with Crippen LogP contribution in [-0.4, -0.2) is 12.7 Å². The molecule has 0 heterocycles. The van der Waals surface area contributed by atoms with Crippen LogP contribution in [0.4, 0.5) is 0 Å². The van der Waals surface area contributed by atoms with E-state index in [4.69, 9.17) is 4.74 Å². The lowest BCUT2D eigenvalue weighted by Gasteiger charge is -2.40. The predicted octanol–water partition coefficient (Wildman–Crippen LogP) is 6.13. The van der Waals surface area contributed by atoms with Gasteiger partial charge in [-0.1, -0.05) is 89.6 Å². The molecule has 0 saturated heterocycles. The number of benzene rings is 2. The van der Waals surface area contributed by atoms with Crippen LogP contribution in [0, 0.1) is 0 Å². The second-order valence-electron chi connectivity index (χ2n) is 9.45.